The molecule has 0 amide bonds. The van der Waals surface area contributed by atoms with Crippen LogP contribution in [0.1, 0.15) is 49.7 Å². The summed E-state index contributed by atoms with van der Waals surface area (Å²) in [7, 11) is 0. The van der Waals surface area contributed by atoms with Crippen LogP contribution in [-0.2, 0) is 6.42 Å². The van der Waals surface area contributed by atoms with Crippen molar-refractivity contribution in [2.75, 3.05) is 0 Å². The molecule has 0 aliphatic rings. The fourth-order valence-electron chi connectivity index (χ4n) is 1.64. The Hall–Kier alpha value is -1.40. The standard InChI is InChI=1S/C13H19N3/c1-4-6-7-8-12(14)11-9-10(3)15-16-13(11)5-2/h9,12H,5,7-8,14H2,1-3H3. The normalized spacial score (nSPS) is 11.8. The first-order chi connectivity index (χ1) is 7.69. The number of aromatic nitrogens is 2. The lowest BCUT2D eigenvalue weighted by atomic mass is 10.00. The highest BCUT2D eigenvalue weighted by Gasteiger charge is 2.11. The van der Waals surface area contributed by atoms with Gasteiger partial charge >= 0.3 is 0 Å². The maximum Gasteiger partial charge on any atom is 0.0676 e. The third-order valence-corrected chi connectivity index (χ3v) is 2.52. The number of nitrogens with two attached hydrogens (primary N) is 1. The molecule has 0 saturated carbocycles. The van der Waals surface area contributed by atoms with E-state index in [0.29, 0.717) is 0 Å². The van der Waals surface area contributed by atoms with Gasteiger partial charge in [-0.1, -0.05) is 6.92 Å². The Balaban J connectivity index is 2.82. The molecule has 1 aromatic heterocycles. The van der Waals surface area contributed by atoms with Crippen molar-refractivity contribution in [3.8, 4) is 11.8 Å². The second kappa shape index (κ2) is 6.24. The van der Waals surface area contributed by atoms with E-state index in [9.17, 15) is 0 Å². The van der Waals surface area contributed by atoms with Crippen LogP contribution in [0.5, 0.6) is 0 Å². The smallest absolute Gasteiger partial charge is 0.0676 e. The van der Waals surface area contributed by atoms with Gasteiger partial charge in [0.2, 0.25) is 0 Å². The van der Waals surface area contributed by atoms with Crippen molar-refractivity contribution in [2.45, 2.75) is 46.1 Å². The van der Waals surface area contributed by atoms with E-state index >= 15 is 0 Å². The second-order valence-electron chi connectivity index (χ2n) is 3.81. The largest absolute Gasteiger partial charge is 0.324 e. The van der Waals surface area contributed by atoms with Crippen LogP contribution in [0.4, 0.5) is 0 Å². The molecule has 1 atom stereocenters. The fraction of sp³-hybridized carbons (Fsp3) is 0.538. The number of hydrogen-bond acceptors (Lipinski definition) is 3. The number of hydrogen-bond donors (Lipinski definition) is 1. The van der Waals surface area contributed by atoms with E-state index in [1.54, 1.807) is 0 Å². The zero-order valence-corrected chi connectivity index (χ0v) is 10.2. The molecular formula is C13H19N3. The third kappa shape index (κ3) is 3.32. The maximum atomic E-state index is 6.15. The van der Waals surface area contributed by atoms with Gasteiger partial charge in [0.1, 0.15) is 0 Å². The fourth-order valence-corrected chi connectivity index (χ4v) is 1.64. The van der Waals surface area contributed by atoms with E-state index in [1.807, 2.05) is 19.9 Å². The summed E-state index contributed by atoms with van der Waals surface area (Å²) < 4.78 is 0. The summed E-state index contributed by atoms with van der Waals surface area (Å²) in [5.74, 6) is 5.92. The summed E-state index contributed by atoms with van der Waals surface area (Å²) in [4.78, 5) is 0. The zero-order valence-electron chi connectivity index (χ0n) is 10.2. The number of aryl methyl sites for hydroxylation is 2. The van der Waals surface area contributed by atoms with E-state index in [4.69, 9.17) is 5.73 Å². The predicted molar refractivity (Wildman–Crippen MR) is 65.8 cm³/mol. The van der Waals surface area contributed by atoms with Crippen LogP contribution >= 0.6 is 0 Å². The molecule has 3 nitrogen and oxygen atoms in total. The monoisotopic (exact) mass is 217 g/mol. The van der Waals surface area contributed by atoms with Crippen LogP contribution in [0.25, 0.3) is 0 Å². The lowest BCUT2D eigenvalue weighted by Gasteiger charge is -2.13. The van der Waals surface area contributed by atoms with Crippen LogP contribution in [0.15, 0.2) is 6.07 Å². The zero-order chi connectivity index (χ0) is 12.0. The SMILES string of the molecule is CC#CCCC(N)c1cc(C)nnc1CC. The first-order valence-corrected chi connectivity index (χ1v) is 5.67. The Morgan fingerprint density at radius 1 is 1.44 bits per heavy atom. The Labute approximate surface area is 97.5 Å². The lowest BCUT2D eigenvalue weighted by molar-refractivity contribution is 0.647. The van der Waals surface area contributed by atoms with Crippen molar-refractivity contribution in [2.24, 2.45) is 5.73 Å². The summed E-state index contributed by atoms with van der Waals surface area (Å²) in [6.07, 6.45) is 2.58. The van der Waals surface area contributed by atoms with E-state index < -0.39 is 0 Å². The van der Waals surface area contributed by atoms with Gasteiger partial charge in [0.15, 0.2) is 0 Å². The molecule has 3 heteroatoms. The van der Waals surface area contributed by atoms with Crippen molar-refractivity contribution in [3.63, 3.8) is 0 Å². The topological polar surface area (TPSA) is 51.8 Å². The van der Waals surface area contributed by atoms with Gasteiger partial charge in [-0.15, -0.1) is 11.8 Å². The van der Waals surface area contributed by atoms with Crippen molar-refractivity contribution >= 4 is 0 Å². The van der Waals surface area contributed by atoms with E-state index in [1.165, 1.54) is 0 Å². The highest BCUT2D eigenvalue weighted by atomic mass is 15.1. The summed E-state index contributed by atoms with van der Waals surface area (Å²) in [6, 6.07) is 2.06. The van der Waals surface area contributed by atoms with Gasteiger partial charge in [-0.05, 0) is 38.3 Å². The van der Waals surface area contributed by atoms with Crippen LogP contribution in [0.2, 0.25) is 0 Å². The number of rotatable bonds is 4. The maximum absolute atomic E-state index is 6.15. The molecule has 16 heavy (non-hydrogen) atoms. The second-order valence-corrected chi connectivity index (χ2v) is 3.81. The molecular weight excluding hydrogens is 198 g/mol. The van der Waals surface area contributed by atoms with E-state index in [2.05, 4.69) is 29.0 Å². The molecule has 0 bridgehead atoms. The van der Waals surface area contributed by atoms with Gasteiger partial charge in [0.05, 0.1) is 11.4 Å². The first-order valence-electron chi connectivity index (χ1n) is 5.67. The minimum absolute atomic E-state index is 0.0185. The van der Waals surface area contributed by atoms with E-state index in [-0.39, 0.29) is 6.04 Å². The lowest BCUT2D eigenvalue weighted by Crippen LogP contribution is -2.14. The molecule has 0 aliphatic heterocycles. The van der Waals surface area contributed by atoms with Gasteiger partial charge in [-0.25, -0.2) is 0 Å². The van der Waals surface area contributed by atoms with Crippen molar-refractivity contribution in [1.82, 2.24) is 10.2 Å². The minimum atomic E-state index is 0.0185. The quantitative estimate of drug-likeness (QED) is 0.786. The van der Waals surface area contributed by atoms with Crippen LogP contribution in [0.3, 0.4) is 0 Å². The Morgan fingerprint density at radius 3 is 2.81 bits per heavy atom. The predicted octanol–water partition coefficient (Wildman–Crippen LogP) is 2.15. The van der Waals surface area contributed by atoms with Crippen molar-refractivity contribution < 1.29 is 0 Å². The van der Waals surface area contributed by atoms with Crippen molar-refractivity contribution in [1.29, 1.82) is 0 Å². The molecule has 86 valence electrons. The molecule has 0 spiro atoms. The van der Waals surface area contributed by atoms with Gasteiger partial charge in [0.25, 0.3) is 0 Å². The summed E-state index contributed by atoms with van der Waals surface area (Å²) in [5, 5.41) is 8.24. The average molecular weight is 217 g/mol. The van der Waals surface area contributed by atoms with Crippen LogP contribution in [-0.4, -0.2) is 10.2 Å². The average Bonchev–Trinajstić information content (AvgIpc) is 2.29. The molecule has 0 saturated heterocycles. The molecule has 1 rings (SSSR count). The summed E-state index contributed by atoms with van der Waals surface area (Å²) in [6.45, 7) is 5.86. The van der Waals surface area contributed by atoms with Gasteiger partial charge < -0.3 is 5.73 Å². The molecule has 0 radical (unpaired) electrons. The molecule has 1 aromatic rings. The summed E-state index contributed by atoms with van der Waals surface area (Å²) >= 11 is 0. The van der Waals surface area contributed by atoms with Gasteiger partial charge in [-0.3, -0.25) is 0 Å². The summed E-state index contributed by atoms with van der Waals surface area (Å²) in [5.41, 5.74) is 9.19. The Kier molecular flexibility index (Phi) is 4.94. The third-order valence-electron chi connectivity index (χ3n) is 2.52. The highest BCUT2D eigenvalue weighted by Crippen LogP contribution is 2.19. The molecule has 1 heterocycles. The van der Waals surface area contributed by atoms with Crippen LogP contribution in [0, 0.1) is 18.8 Å². The molecule has 0 aromatic carbocycles. The van der Waals surface area contributed by atoms with Gasteiger partial charge in [0, 0.05) is 12.5 Å². The van der Waals surface area contributed by atoms with Crippen molar-refractivity contribution in [3.05, 3.63) is 23.0 Å². The molecule has 0 aliphatic carbocycles. The first kappa shape index (κ1) is 12.7. The number of nitrogens with zero attached hydrogens (tertiary/aromatic N) is 2. The van der Waals surface area contributed by atoms with Crippen LogP contribution < -0.4 is 5.73 Å². The van der Waals surface area contributed by atoms with Gasteiger partial charge in [-0.2, -0.15) is 10.2 Å². The Morgan fingerprint density at radius 2 is 2.19 bits per heavy atom. The highest BCUT2D eigenvalue weighted by molar-refractivity contribution is 5.24. The minimum Gasteiger partial charge on any atom is -0.324 e. The molecule has 0 fully saturated rings. The van der Waals surface area contributed by atoms with E-state index in [0.717, 1.165) is 36.2 Å². The Bertz CT molecular complexity index is 401. The molecule has 2 N–H and O–H groups in total. The molecule has 1 unspecified atom stereocenters.